The van der Waals surface area contributed by atoms with E-state index in [0.29, 0.717) is 17.1 Å². The van der Waals surface area contributed by atoms with Crippen molar-refractivity contribution in [3.63, 3.8) is 0 Å². The lowest BCUT2D eigenvalue weighted by molar-refractivity contribution is 0.450. The highest BCUT2D eigenvalue weighted by atomic mass is 35.5. The lowest BCUT2D eigenvalue weighted by Crippen LogP contribution is -2.35. The molecule has 3 heteroatoms. The van der Waals surface area contributed by atoms with Gasteiger partial charge in [0.15, 0.2) is 0 Å². The van der Waals surface area contributed by atoms with Gasteiger partial charge in [-0.05, 0) is 39.0 Å². The van der Waals surface area contributed by atoms with Gasteiger partial charge in [0.2, 0.25) is 0 Å². The Balaban J connectivity index is 2.59. The van der Waals surface area contributed by atoms with Gasteiger partial charge in [-0.2, -0.15) is 0 Å². The van der Waals surface area contributed by atoms with Crippen LogP contribution in [-0.2, 0) is 0 Å². The lowest BCUT2D eigenvalue weighted by Gasteiger charge is -2.18. The molecule has 16 heavy (non-hydrogen) atoms. The molecular formula is C13H17ClFN. The Hall–Kier alpha value is -0.860. The molecule has 0 heterocycles. The van der Waals surface area contributed by atoms with Crippen LogP contribution < -0.4 is 5.32 Å². The summed E-state index contributed by atoms with van der Waals surface area (Å²) in [5, 5.41) is 3.83. The zero-order valence-corrected chi connectivity index (χ0v) is 10.6. The molecular weight excluding hydrogens is 225 g/mol. The Morgan fingerprint density at radius 3 is 2.69 bits per heavy atom. The summed E-state index contributed by atoms with van der Waals surface area (Å²) in [4.78, 5) is 0. The van der Waals surface area contributed by atoms with Crippen molar-refractivity contribution in [3.8, 4) is 0 Å². The maximum Gasteiger partial charge on any atom is 0.130 e. The molecule has 0 atom stereocenters. The Bertz CT molecular complexity index is 380. The molecule has 1 N–H and O–H groups in total. The van der Waals surface area contributed by atoms with Gasteiger partial charge < -0.3 is 5.32 Å². The Morgan fingerprint density at radius 1 is 1.38 bits per heavy atom. The maximum absolute atomic E-state index is 13.3. The summed E-state index contributed by atoms with van der Waals surface area (Å²) in [6.45, 7) is 6.96. The standard InChI is InChI=1S/C13H17ClFN/c1-13(2,3)16-8-4-5-10-9-11(14)6-7-12(10)15/h4-7,9,16H,8H2,1-3H3/b5-4+. The molecule has 0 saturated carbocycles. The fourth-order valence-corrected chi connectivity index (χ4v) is 1.37. The molecule has 1 rings (SSSR count). The molecule has 0 aliphatic heterocycles. The van der Waals surface area contributed by atoms with E-state index in [1.54, 1.807) is 18.2 Å². The molecule has 0 aliphatic carbocycles. The fraction of sp³-hybridized carbons (Fsp3) is 0.385. The summed E-state index contributed by atoms with van der Waals surface area (Å²) in [6, 6.07) is 4.53. The monoisotopic (exact) mass is 241 g/mol. The Morgan fingerprint density at radius 2 is 2.06 bits per heavy atom. The van der Waals surface area contributed by atoms with Crippen LogP contribution in [0.1, 0.15) is 26.3 Å². The Kier molecular flexibility index (Phi) is 4.51. The van der Waals surface area contributed by atoms with Gasteiger partial charge in [0.1, 0.15) is 5.82 Å². The minimum atomic E-state index is -0.253. The van der Waals surface area contributed by atoms with Crippen LogP contribution in [0.15, 0.2) is 24.3 Å². The first kappa shape index (κ1) is 13.2. The van der Waals surface area contributed by atoms with Gasteiger partial charge >= 0.3 is 0 Å². The van der Waals surface area contributed by atoms with Crippen molar-refractivity contribution < 1.29 is 4.39 Å². The van der Waals surface area contributed by atoms with E-state index in [9.17, 15) is 4.39 Å². The van der Waals surface area contributed by atoms with Crippen molar-refractivity contribution in [1.29, 1.82) is 0 Å². The normalized spacial score (nSPS) is 12.3. The molecule has 1 nitrogen and oxygen atoms in total. The zero-order valence-electron chi connectivity index (χ0n) is 9.85. The number of benzene rings is 1. The summed E-state index contributed by atoms with van der Waals surface area (Å²) < 4.78 is 13.3. The first-order chi connectivity index (χ1) is 7.38. The predicted octanol–water partition coefficient (Wildman–Crippen LogP) is 3.88. The second-order valence-corrected chi connectivity index (χ2v) is 5.14. The van der Waals surface area contributed by atoms with Crippen LogP contribution in [0.3, 0.4) is 0 Å². The van der Waals surface area contributed by atoms with E-state index in [4.69, 9.17) is 11.6 Å². The smallest absolute Gasteiger partial charge is 0.130 e. The van der Waals surface area contributed by atoms with E-state index in [1.165, 1.54) is 6.07 Å². The number of rotatable bonds is 3. The second-order valence-electron chi connectivity index (χ2n) is 4.70. The van der Waals surface area contributed by atoms with Crippen LogP contribution in [0.2, 0.25) is 5.02 Å². The van der Waals surface area contributed by atoms with Gasteiger partial charge in [-0.15, -0.1) is 0 Å². The van der Waals surface area contributed by atoms with Crippen molar-refractivity contribution in [2.75, 3.05) is 6.54 Å². The van der Waals surface area contributed by atoms with E-state index in [-0.39, 0.29) is 11.4 Å². The van der Waals surface area contributed by atoms with Gasteiger partial charge in [-0.3, -0.25) is 0 Å². The van der Waals surface area contributed by atoms with Gasteiger partial charge in [0.25, 0.3) is 0 Å². The predicted molar refractivity (Wildman–Crippen MR) is 68.2 cm³/mol. The molecule has 0 aliphatic rings. The highest BCUT2D eigenvalue weighted by molar-refractivity contribution is 6.30. The molecule has 1 aromatic carbocycles. The number of hydrogen-bond acceptors (Lipinski definition) is 1. The summed E-state index contributed by atoms with van der Waals surface area (Å²) in [5.74, 6) is -0.253. The second kappa shape index (κ2) is 5.46. The van der Waals surface area contributed by atoms with E-state index < -0.39 is 0 Å². The van der Waals surface area contributed by atoms with Gasteiger partial charge in [-0.1, -0.05) is 23.8 Å². The zero-order chi connectivity index (χ0) is 12.2. The maximum atomic E-state index is 13.3. The molecule has 0 fully saturated rings. The molecule has 0 spiro atoms. The molecule has 0 unspecified atom stereocenters. The fourth-order valence-electron chi connectivity index (χ4n) is 1.19. The van der Waals surface area contributed by atoms with Gasteiger partial charge in [0.05, 0.1) is 0 Å². The van der Waals surface area contributed by atoms with Gasteiger partial charge in [0, 0.05) is 22.7 Å². The highest BCUT2D eigenvalue weighted by Crippen LogP contribution is 2.15. The highest BCUT2D eigenvalue weighted by Gasteiger charge is 2.06. The van der Waals surface area contributed by atoms with Crippen molar-refractivity contribution in [1.82, 2.24) is 5.32 Å². The summed E-state index contributed by atoms with van der Waals surface area (Å²) in [7, 11) is 0. The minimum absolute atomic E-state index is 0.0667. The molecule has 0 bridgehead atoms. The van der Waals surface area contributed by atoms with Crippen molar-refractivity contribution in [2.45, 2.75) is 26.3 Å². The quantitative estimate of drug-likeness (QED) is 0.847. The number of nitrogens with one attached hydrogen (secondary N) is 1. The molecule has 0 amide bonds. The summed E-state index contributed by atoms with van der Waals surface area (Å²) in [5.41, 5.74) is 0.584. The average molecular weight is 242 g/mol. The lowest BCUT2D eigenvalue weighted by atomic mass is 10.1. The Labute approximate surface area is 101 Å². The molecule has 0 saturated heterocycles. The summed E-state index contributed by atoms with van der Waals surface area (Å²) in [6.07, 6.45) is 3.62. The first-order valence-electron chi connectivity index (χ1n) is 5.25. The summed E-state index contributed by atoms with van der Waals surface area (Å²) >= 11 is 5.79. The third-order valence-corrected chi connectivity index (χ3v) is 2.24. The largest absolute Gasteiger partial charge is 0.309 e. The van der Waals surface area contributed by atoms with Crippen LogP contribution in [-0.4, -0.2) is 12.1 Å². The van der Waals surface area contributed by atoms with E-state index >= 15 is 0 Å². The first-order valence-corrected chi connectivity index (χ1v) is 5.63. The van der Waals surface area contributed by atoms with Crippen molar-refractivity contribution in [2.24, 2.45) is 0 Å². The van der Waals surface area contributed by atoms with Gasteiger partial charge in [-0.25, -0.2) is 4.39 Å². The van der Waals surface area contributed by atoms with Crippen LogP contribution in [0, 0.1) is 5.82 Å². The van der Waals surface area contributed by atoms with Crippen molar-refractivity contribution in [3.05, 3.63) is 40.7 Å². The van der Waals surface area contributed by atoms with Crippen LogP contribution in [0.25, 0.3) is 6.08 Å². The van der Waals surface area contributed by atoms with Crippen LogP contribution >= 0.6 is 11.6 Å². The van der Waals surface area contributed by atoms with E-state index in [1.807, 2.05) is 6.08 Å². The van der Waals surface area contributed by atoms with E-state index in [0.717, 1.165) is 0 Å². The molecule has 1 aromatic rings. The minimum Gasteiger partial charge on any atom is -0.309 e. The third-order valence-electron chi connectivity index (χ3n) is 2.01. The molecule has 88 valence electrons. The number of hydrogen-bond donors (Lipinski definition) is 1. The molecule has 0 radical (unpaired) electrons. The van der Waals surface area contributed by atoms with Crippen LogP contribution in [0.4, 0.5) is 4.39 Å². The average Bonchev–Trinajstić information content (AvgIpc) is 2.16. The van der Waals surface area contributed by atoms with E-state index in [2.05, 4.69) is 26.1 Å². The van der Waals surface area contributed by atoms with Crippen molar-refractivity contribution >= 4 is 17.7 Å². The molecule has 0 aromatic heterocycles. The number of halogens is 2. The SMILES string of the molecule is CC(C)(C)NC/C=C/c1cc(Cl)ccc1F. The topological polar surface area (TPSA) is 12.0 Å². The third kappa shape index (κ3) is 4.77. The van der Waals surface area contributed by atoms with Crippen LogP contribution in [0.5, 0.6) is 0 Å².